The number of nitrogens with two attached hydrogens (primary N) is 1. The molecular formula is C6H10N2O3. The van der Waals surface area contributed by atoms with Crippen molar-refractivity contribution in [2.45, 2.75) is 18.9 Å². The third kappa shape index (κ3) is 4.21. The lowest BCUT2D eigenvalue weighted by Crippen LogP contribution is -2.30. The molecule has 0 aromatic rings. The quantitative estimate of drug-likeness (QED) is 0.464. The second kappa shape index (κ2) is 4.56. The molecule has 11 heavy (non-hydrogen) atoms. The molecule has 0 bridgehead atoms. The molecule has 0 aliphatic carbocycles. The van der Waals surface area contributed by atoms with E-state index in [0.29, 0.717) is 6.21 Å². The molecule has 0 rings (SSSR count). The van der Waals surface area contributed by atoms with E-state index in [4.69, 9.17) is 16.2 Å². The van der Waals surface area contributed by atoms with Gasteiger partial charge < -0.3 is 16.2 Å². The summed E-state index contributed by atoms with van der Waals surface area (Å²) in [6.07, 6.45) is 0.773. The molecule has 0 heterocycles. The predicted molar refractivity (Wildman–Crippen MR) is 38.6 cm³/mol. The van der Waals surface area contributed by atoms with Crippen molar-refractivity contribution in [3.8, 4) is 0 Å². The lowest BCUT2D eigenvalue weighted by atomic mass is 10.1. The van der Waals surface area contributed by atoms with Gasteiger partial charge in [-0.1, -0.05) is 0 Å². The van der Waals surface area contributed by atoms with E-state index in [-0.39, 0.29) is 12.8 Å². The van der Waals surface area contributed by atoms with Crippen LogP contribution in [0.15, 0.2) is 0 Å². The van der Waals surface area contributed by atoms with Crippen molar-refractivity contribution in [3.05, 3.63) is 0 Å². The van der Waals surface area contributed by atoms with Gasteiger partial charge in [-0.2, -0.15) is 0 Å². The number of hydrogen-bond acceptors (Lipinski definition) is 4. The van der Waals surface area contributed by atoms with Gasteiger partial charge in [0.05, 0.1) is 6.21 Å². The first-order chi connectivity index (χ1) is 5.07. The highest BCUT2D eigenvalue weighted by Crippen LogP contribution is 1.94. The van der Waals surface area contributed by atoms with Crippen molar-refractivity contribution >= 4 is 18.0 Å². The molecule has 0 aromatic heterocycles. The summed E-state index contributed by atoms with van der Waals surface area (Å²) in [6, 6.07) is -1.00. The summed E-state index contributed by atoms with van der Waals surface area (Å²) in [5.41, 5.74) is 5.09. The van der Waals surface area contributed by atoms with E-state index in [1.807, 2.05) is 0 Å². The van der Waals surface area contributed by atoms with Crippen LogP contribution in [0, 0.1) is 5.41 Å². The number of aliphatic carboxylic acids is 1. The molecule has 0 amide bonds. The molecule has 0 fully saturated rings. The van der Waals surface area contributed by atoms with Gasteiger partial charge in [0.25, 0.3) is 0 Å². The summed E-state index contributed by atoms with van der Waals surface area (Å²) >= 11 is 0. The fourth-order valence-corrected chi connectivity index (χ4v) is 0.493. The fraction of sp³-hybridized carbons (Fsp3) is 0.500. The second-order valence-corrected chi connectivity index (χ2v) is 2.09. The Labute approximate surface area is 63.7 Å². The maximum absolute atomic E-state index is 10.4. The largest absolute Gasteiger partial charge is 0.480 e. The Morgan fingerprint density at radius 2 is 2.18 bits per heavy atom. The van der Waals surface area contributed by atoms with Crippen molar-refractivity contribution in [2.24, 2.45) is 5.73 Å². The van der Waals surface area contributed by atoms with Crippen LogP contribution in [0.2, 0.25) is 0 Å². The van der Waals surface area contributed by atoms with E-state index >= 15 is 0 Å². The molecule has 0 aliphatic rings. The Morgan fingerprint density at radius 1 is 1.64 bits per heavy atom. The minimum atomic E-state index is -1.12. The number of carboxylic acids is 1. The summed E-state index contributed by atoms with van der Waals surface area (Å²) in [6.45, 7) is 0. The molecule has 4 N–H and O–H groups in total. The summed E-state index contributed by atoms with van der Waals surface area (Å²) in [4.78, 5) is 20.6. The molecule has 0 saturated heterocycles. The van der Waals surface area contributed by atoms with E-state index in [9.17, 15) is 9.59 Å². The highest BCUT2D eigenvalue weighted by molar-refractivity contribution is 6.26. The molecule has 0 saturated carbocycles. The number of rotatable bonds is 5. The third-order valence-electron chi connectivity index (χ3n) is 1.18. The van der Waals surface area contributed by atoms with Gasteiger partial charge in [0.1, 0.15) is 6.04 Å². The molecule has 5 heteroatoms. The molecule has 62 valence electrons. The Kier molecular flexibility index (Phi) is 4.05. The Morgan fingerprint density at radius 3 is 2.55 bits per heavy atom. The van der Waals surface area contributed by atoms with Crippen LogP contribution < -0.4 is 5.73 Å². The number of hydrogen-bond donors (Lipinski definition) is 3. The number of carbonyl (C=O) groups is 2. The predicted octanol–water partition coefficient (Wildman–Crippen LogP) is -0.603. The zero-order valence-corrected chi connectivity index (χ0v) is 5.91. The van der Waals surface area contributed by atoms with Gasteiger partial charge in [-0.05, 0) is 6.42 Å². The van der Waals surface area contributed by atoms with Gasteiger partial charge >= 0.3 is 5.97 Å². The number of Topliss-reactive ketones (excluding diaryl/α,β-unsaturated/α-hetero) is 1. The lowest BCUT2D eigenvalue weighted by molar-refractivity contribution is -0.138. The van der Waals surface area contributed by atoms with Gasteiger partial charge in [-0.15, -0.1) is 0 Å². The summed E-state index contributed by atoms with van der Waals surface area (Å²) < 4.78 is 0. The molecule has 5 nitrogen and oxygen atoms in total. The number of carbonyl (C=O) groups excluding carboxylic acids is 1. The Balaban J connectivity index is 3.62. The van der Waals surface area contributed by atoms with E-state index in [2.05, 4.69) is 0 Å². The highest BCUT2D eigenvalue weighted by atomic mass is 16.4. The van der Waals surface area contributed by atoms with Gasteiger partial charge in [-0.25, -0.2) is 0 Å². The van der Waals surface area contributed by atoms with E-state index in [0.717, 1.165) is 0 Å². The van der Waals surface area contributed by atoms with Crippen molar-refractivity contribution in [2.75, 3.05) is 0 Å². The normalized spacial score (nSPS) is 12.1. The Bertz CT molecular complexity index is 179. The van der Waals surface area contributed by atoms with Gasteiger partial charge in [0, 0.05) is 6.42 Å². The molecular weight excluding hydrogens is 148 g/mol. The van der Waals surface area contributed by atoms with Crippen LogP contribution in [0.25, 0.3) is 0 Å². The second-order valence-electron chi connectivity index (χ2n) is 2.09. The molecule has 0 aliphatic heterocycles. The van der Waals surface area contributed by atoms with Gasteiger partial charge in [0.15, 0.2) is 5.78 Å². The average molecular weight is 158 g/mol. The van der Waals surface area contributed by atoms with Crippen LogP contribution in [-0.4, -0.2) is 29.1 Å². The summed E-state index contributed by atoms with van der Waals surface area (Å²) in [7, 11) is 0. The van der Waals surface area contributed by atoms with Crippen molar-refractivity contribution in [1.82, 2.24) is 0 Å². The SMILES string of the molecule is N=CC(=O)CC[C@H](N)C(=O)O. The van der Waals surface area contributed by atoms with Crippen molar-refractivity contribution in [1.29, 1.82) is 5.41 Å². The third-order valence-corrected chi connectivity index (χ3v) is 1.18. The zero-order chi connectivity index (χ0) is 8.85. The van der Waals surface area contributed by atoms with Crippen molar-refractivity contribution < 1.29 is 14.7 Å². The molecule has 1 atom stereocenters. The average Bonchev–Trinajstić information content (AvgIpc) is 1.99. The first-order valence-electron chi connectivity index (χ1n) is 3.09. The van der Waals surface area contributed by atoms with Crippen LogP contribution in [0.4, 0.5) is 0 Å². The number of nitrogens with one attached hydrogen (secondary N) is 1. The van der Waals surface area contributed by atoms with Crippen LogP contribution in [0.5, 0.6) is 0 Å². The first-order valence-corrected chi connectivity index (χ1v) is 3.09. The maximum Gasteiger partial charge on any atom is 0.320 e. The zero-order valence-electron chi connectivity index (χ0n) is 5.91. The molecule has 0 unspecified atom stereocenters. The van der Waals surface area contributed by atoms with E-state index in [1.165, 1.54) is 0 Å². The number of ketones is 1. The monoisotopic (exact) mass is 158 g/mol. The summed E-state index contributed by atoms with van der Waals surface area (Å²) in [5.74, 6) is -1.52. The smallest absolute Gasteiger partial charge is 0.320 e. The van der Waals surface area contributed by atoms with Crippen LogP contribution >= 0.6 is 0 Å². The van der Waals surface area contributed by atoms with Gasteiger partial charge in [-0.3, -0.25) is 9.59 Å². The standard InChI is InChI=1S/C6H10N2O3/c7-3-4(9)1-2-5(8)6(10)11/h3,5,7H,1-2,8H2,(H,10,11)/t5-/m0/s1. The van der Waals surface area contributed by atoms with Crippen LogP contribution in [0.1, 0.15) is 12.8 Å². The van der Waals surface area contributed by atoms with E-state index in [1.54, 1.807) is 0 Å². The molecule has 0 radical (unpaired) electrons. The Hall–Kier alpha value is -1.23. The van der Waals surface area contributed by atoms with Gasteiger partial charge in [0.2, 0.25) is 0 Å². The summed E-state index contributed by atoms with van der Waals surface area (Å²) in [5, 5.41) is 14.8. The van der Waals surface area contributed by atoms with Crippen LogP contribution in [-0.2, 0) is 9.59 Å². The van der Waals surface area contributed by atoms with E-state index < -0.39 is 17.8 Å². The molecule has 0 aromatic carbocycles. The topological polar surface area (TPSA) is 104 Å². The fourth-order valence-electron chi connectivity index (χ4n) is 0.493. The maximum atomic E-state index is 10.4. The lowest BCUT2D eigenvalue weighted by Gasteiger charge is -2.02. The minimum Gasteiger partial charge on any atom is -0.480 e. The van der Waals surface area contributed by atoms with Crippen LogP contribution in [0.3, 0.4) is 0 Å². The molecule has 0 spiro atoms. The first kappa shape index (κ1) is 9.77. The number of carboxylic acid groups (broad SMARTS) is 1. The highest BCUT2D eigenvalue weighted by Gasteiger charge is 2.11. The van der Waals surface area contributed by atoms with Crippen molar-refractivity contribution in [3.63, 3.8) is 0 Å². The minimum absolute atomic E-state index is 0.0248.